The Morgan fingerprint density at radius 2 is 1.71 bits per heavy atom. The fraction of sp³-hybridized carbons (Fsp3) is 0.458. The van der Waals surface area contributed by atoms with Crippen molar-refractivity contribution in [3.63, 3.8) is 0 Å². The van der Waals surface area contributed by atoms with E-state index in [4.69, 9.17) is 4.74 Å². The zero-order chi connectivity index (χ0) is 20.7. The lowest BCUT2D eigenvalue weighted by Crippen LogP contribution is -2.24. The smallest absolute Gasteiger partial charge is 0.410 e. The SMILES string of the molecule is CCC(c1cccc(OC(=O)Nc2ccc(C(C)C)cc2)c1)C(C)CN(C)C. The van der Waals surface area contributed by atoms with Gasteiger partial charge in [-0.3, -0.25) is 5.32 Å². The molecule has 0 aromatic heterocycles. The molecular weight excluding hydrogens is 348 g/mol. The summed E-state index contributed by atoms with van der Waals surface area (Å²) in [6.07, 6.45) is 0.580. The Hall–Kier alpha value is -2.33. The third-order valence-corrected chi connectivity index (χ3v) is 5.10. The molecule has 1 amide bonds. The first-order valence-electron chi connectivity index (χ1n) is 10.1. The maximum absolute atomic E-state index is 12.3. The van der Waals surface area contributed by atoms with Crippen LogP contribution in [0.2, 0.25) is 0 Å². The fourth-order valence-corrected chi connectivity index (χ4v) is 3.68. The number of anilines is 1. The molecule has 0 saturated heterocycles. The predicted octanol–water partition coefficient (Wildman–Crippen LogP) is 6.11. The van der Waals surface area contributed by atoms with Crippen LogP contribution < -0.4 is 10.1 Å². The quantitative estimate of drug-likeness (QED) is 0.599. The average molecular weight is 383 g/mol. The first-order chi connectivity index (χ1) is 13.3. The number of carbonyl (C=O) groups excluding carboxylic acids is 1. The summed E-state index contributed by atoms with van der Waals surface area (Å²) in [4.78, 5) is 14.5. The maximum atomic E-state index is 12.3. The summed E-state index contributed by atoms with van der Waals surface area (Å²) in [6, 6.07) is 15.8. The fourth-order valence-electron chi connectivity index (χ4n) is 3.68. The van der Waals surface area contributed by atoms with Crippen molar-refractivity contribution in [2.75, 3.05) is 26.0 Å². The molecule has 0 heterocycles. The van der Waals surface area contributed by atoms with Gasteiger partial charge < -0.3 is 9.64 Å². The van der Waals surface area contributed by atoms with Crippen LogP contribution in [-0.2, 0) is 0 Å². The minimum atomic E-state index is -0.469. The zero-order valence-electron chi connectivity index (χ0n) is 18.0. The number of nitrogens with zero attached hydrogens (tertiary/aromatic N) is 1. The molecule has 0 fully saturated rings. The molecule has 0 spiro atoms. The van der Waals surface area contributed by atoms with E-state index in [1.807, 2.05) is 42.5 Å². The Morgan fingerprint density at radius 3 is 2.29 bits per heavy atom. The van der Waals surface area contributed by atoms with E-state index in [1.165, 1.54) is 11.1 Å². The summed E-state index contributed by atoms with van der Waals surface area (Å²) in [5, 5.41) is 2.80. The van der Waals surface area contributed by atoms with E-state index >= 15 is 0 Å². The van der Waals surface area contributed by atoms with Crippen molar-refractivity contribution in [2.45, 2.75) is 46.0 Å². The van der Waals surface area contributed by atoms with Crippen molar-refractivity contribution in [3.8, 4) is 5.75 Å². The van der Waals surface area contributed by atoms with Gasteiger partial charge in [-0.1, -0.05) is 52.0 Å². The van der Waals surface area contributed by atoms with Gasteiger partial charge in [-0.25, -0.2) is 4.79 Å². The van der Waals surface area contributed by atoms with Gasteiger partial charge in [-0.2, -0.15) is 0 Å². The highest BCUT2D eigenvalue weighted by Gasteiger charge is 2.19. The standard InChI is InChI=1S/C24H34N2O2/c1-7-23(18(4)16-26(5)6)20-9-8-10-22(15-20)28-24(27)25-21-13-11-19(12-14-21)17(2)3/h8-15,17-18,23H,7,16H2,1-6H3,(H,25,27). The van der Waals surface area contributed by atoms with Crippen molar-refractivity contribution in [2.24, 2.45) is 5.92 Å². The first-order valence-corrected chi connectivity index (χ1v) is 10.1. The highest BCUT2D eigenvalue weighted by Crippen LogP contribution is 2.30. The van der Waals surface area contributed by atoms with E-state index in [0.717, 1.165) is 18.7 Å². The van der Waals surface area contributed by atoms with E-state index in [9.17, 15) is 4.79 Å². The van der Waals surface area contributed by atoms with Crippen LogP contribution in [0, 0.1) is 5.92 Å². The van der Waals surface area contributed by atoms with Crippen molar-refractivity contribution in [1.82, 2.24) is 4.90 Å². The number of amides is 1. The molecule has 2 atom stereocenters. The van der Waals surface area contributed by atoms with Crippen LogP contribution in [0.15, 0.2) is 48.5 Å². The Labute approximate surface area is 169 Å². The summed E-state index contributed by atoms with van der Waals surface area (Å²) in [5.74, 6) is 1.98. The second-order valence-corrected chi connectivity index (χ2v) is 8.12. The molecule has 152 valence electrons. The van der Waals surface area contributed by atoms with Gasteiger partial charge in [0.25, 0.3) is 0 Å². The molecule has 0 aliphatic carbocycles. The van der Waals surface area contributed by atoms with Crippen LogP contribution in [0.3, 0.4) is 0 Å². The van der Waals surface area contributed by atoms with Crippen LogP contribution in [0.4, 0.5) is 10.5 Å². The molecule has 2 rings (SSSR count). The molecular formula is C24H34N2O2. The summed E-state index contributed by atoms with van der Waals surface area (Å²) < 4.78 is 5.53. The number of ether oxygens (including phenoxy) is 1. The number of rotatable bonds is 8. The molecule has 2 aromatic carbocycles. The van der Waals surface area contributed by atoms with E-state index in [1.54, 1.807) is 0 Å². The van der Waals surface area contributed by atoms with E-state index in [2.05, 4.69) is 58.1 Å². The molecule has 2 aromatic rings. The number of hydrogen-bond acceptors (Lipinski definition) is 3. The number of benzene rings is 2. The molecule has 2 unspecified atom stereocenters. The van der Waals surface area contributed by atoms with Gasteiger partial charge >= 0.3 is 6.09 Å². The number of nitrogens with one attached hydrogen (secondary N) is 1. The Balaban J connectivity index is 2.03. The van der Waals surface area contributed by atoms with Crippen LogP contribution in [0.1, 0.15) is 57.1 Å². The third-order valence-electron chi connectivity index (χ3n) is 5.10. The normalized spacial score (nSPS) is 13.4. The Bertz CT molecular complexity index is 753. The van der Waals surface area contributed by atoms with Crippen molar-refractivity contribution >= 4 is 11.8 Å². The zero-order valence-corrected chi connectivity index (χ0v) is 18.0. The topological polar surface area (TPSA) is 41.6 Å². The number of carbonyl (C=O) groups is 1. The van der Waals surface area contributed by atoms with Crippen LogP contribution in [-0.4, -0.2) is 31.6 Å². The molecule has 1 N–H and O–H groups in total. The first kappa shape index (κ1) is 22.0. The molecule has 0 saturated carbocycles. The second kappa shape index (κ2) is 10.3. The molecule has 4 nitrogen and oxygen atoms in total. The second-order valence-electron chi connectivity index (χ2n) is 8.12. The molecule has 0 radical (unpaired) electrons. The minimum absolute atomic E-state index is 0.428. The van der Waals surface area contributed by atoms with Gasteiger partial charge in [0.1, 0.15) is 5.75 Å². The molecule has 0 aliphatic rings. The Morgan fingerprint density at radius 1 is 1.04 bits per heavy atom. The third kappa shape index (κ3) is 6.38. The van der Waals surface area contributed by atoms with Gasteiger partial charge in [0.2, 0.25) is 0 Å². The van der Waals surface area contributed by atoms with Crippen molar-refractivity contribution < 1.29 is 9.53 Å². The highest BCUT2D eigenvalue weighted by atomic mass is 16.6. The highest BCUT2D eigenvalue weighted by molar-refractivity contribution is 5.86. The summed E-state index contributed by atoms with van der Waals surface area (Å²) in [5.41, 5.74) is 3.18. The van der Waals surface area contributed by atoms with Crippen molar-refractivity contribution in [1.29, 1.82) is 0 Å². The van der Waals surface area contributed by atoms with Gasteiger partial charge in [0, 0.05) is 12.2 Å². The largest absolute Gasteiger partial charge is 0.417 e. The van der Waals surface area contributed by atoms with Crippen molar-refractivity contribution in [3.05, 3.63) is 59.7 Å². The summed E-state index contributed by atoms with van der Waals surface area (Å²) in [7, 11) is 4.20. The van der Waals surface area contributed by atoms with Gasteiger partial charge in [0.15, 0.2) is 0 Å². The van der Waals surface area contributed by atoms with Gasteiger partial charge in [-0.05, 0) is 73.7 Å². The van der Waals surface area contributed by atoms with E-state index < -0.39 is 6.09 Å². The monoisotopic (exact) mass is 382 g/mol. The predicted molar refractivity (Wildman–Crippen MR) is 117 cm³/mol. The Kier molecular flexibility index (Phi) is 8.06. The minimum Gasteiger partial charge on any atom is -0.410 e. The lowest BCUT2D eigenvalue weighted by molar-refractivity contribution is 0.215. The molecule has 28 heavy (non-hydrogen) atoms. The van der Waals surface area contributed by atoms with Gasteiger partial charge in [-0.15, -0.1) is 0 Å². The van der Waals surface area contributed by atoms with Crippen LogP contribution in [0.5, 0.6) is 5.75 Å². The average Bonchev–Trinajstić information content (AvgIpc) is 2.62. The molecule has 0 bridgehead atoms. The van der Waals surface area contributed by atoms with Gasteiger partial charge in [0.05, 0.1) is 0 Å². The summed E-state index contributed by atoms with van der Waals surface area (Å²) in [6.45, 7) is 9.79. The van der Waals surface area contributed by atoms with Crippen LogP contribution >= 0.6 is 0 Å². The maximum Gasteiger partial charge on any atom is 0.417 e. The lowest BCUT2D eigenvalue weighted by atomic mass is 9.85. The van der Waals surface area contributed by atoms with Crippen LogP contribution in [0.25, 0.3) is 0 Å². The van der Waals surface area contributed by atoms with E-state index in [-0.39, 0.29) is 0 Å². The lowest BCUT2D eigenvalue weighted by Gasteiger charge is -2.26. The summed E-state index contributed by atoms with van der Waals surface area (Å²) >= 11 is 0. The number of hydrogen-bond donors (Lipinski definition) is 1. The van der Waals surface area contributed by atoms with E-state index in [0.29, 0.717) is 23.5 Å². The molecule has 4 heteroatoms. The molecule has 0 aliphatic heterocycles.